The summed E-state index contributed by atoms with van der Waals surface area (Å²) in [6.07, 6.45) is 26.6. The number of unbranched alkanes of at least 4 members (excludes halogenated alkanes) is 15. The van der Waals surface area contributed by atoms with Crippen LogP contribution in [0, 0.1) is 5.41 Å². The molecule has 5 nitrogen and oxygen atoms in total. The van der Waals surface area contributed by atoms with Gasteiger partial charge in [0, 0.05) is 6.42 Å². The number of hydrogen-bond donors (Lipinski definition) is 3. The molecule has 1 aliphatic carbocycles. The van der Waals surface area contributed by atoms with Crippen molar-refractivity contribution >= 4 is 5.78 Å². The Labute approximate surface area is 229 Å². The first-order valence-corrected chi connectivity index (χ1v) is 15.5. The third kappa shape index (κ3) is 8.88. The summed E-state index contributed by atoms with van der Waals surface area (Å²) in [6, 6.07) is -0.733. The number of rotatable bonds is 23. The molecule has 0 bridgehead atoms. The largest absolute Gasteiger partial charge is 0.390 e. The number of likely N-dealkylation sites (N-methyl/N-ethyl adjacent to an activating group) is 1. The van der Waals surface area contributed by atoms with Gasteiger partial charge in [-0.15, -0.1) is 0 Å². The van der Waals surface area contributed by atoms with Gasteiger partial charge in [0.25, 0.3) is 0 Å². The zero-order valence-corrected chi connectivity index (χ0v) is 25.4. The van der Waals surface area contributed by atoms with Crippen LogP contribution in [0.15, 0.2) is 12.2 Å². The van der Waals surface area contributed by atoms with Crippen LogP contribution in [0.1, 0.15) is 143 Å². The minimum absolute atomic E-state index is 0.0274. The normalized spacial score (nSPS) is 24.0. The second kappa shape index (κ2) is 16.4. The van der Waals surface area contributed by atoms with Crippen molar-refractivity contribution in [1.29, 1.82) is 0 Å². The van der Waals surface area contributed by atoms with E-state index in [0.29, 0.717) is 6.42 Å². The molecule has 0 heterocycles. The molecule has 3 atom stereocenters. The van der Waals surface area contributed by atoms with Crippen molar-refractivity contribution in [3.63, 3.8) is 0 Å². The van der Waals surface area contributed by atoms with Crippen molar-refractivity contribution in [2.24, 2.45) is 5.41 Å². The fourth-order valence-corrected chi connectivity index (χ4v) is 6.44. The maximum Gasteiger partial charge on any atom is 0.239 e. The number of carbonyl (C=O) groups excluding carboxylic acids is 1. The van der Waals surface area contributed by atoms with Crippen molar-refractivity contribution in [3.8, 4) is 0 Å². The molecule has 0 aromatic heterocycles. The van der Waals surface area contributed by atoms with Crippen LogP contribution in [0.4, 0.5) is 0 Å². The van der Waals surface area contributed by atoms with Gasteiger partial charge >= 0.3 is 0 Å². The zero-order valence-electron chi connectivity index (χ0n) is 25.4. The van der Waals surface area contributed by atoms with E-state index in [2.05, 4.69) is 19.1 Å². The van der Waals surface area contributed by atoms with Gasteiger partial charge in [-0.25, -0.2) is 0 Å². The molecule has 1 aliphatic rings. The standard InChI is InChI=1S/C32H62NO4/c1-7-8-9-10-11-12-13-14-15-16-17-18-19-20-21-22-23-24-25-26-29(35)28(27-34)33(5,6)32(37)30(2,3)31(32,4)36/h14-15,28,34,36-37H,7-13,16-27H2,1-6H3/q+1/b15-14-. The van der Waals surface area contributed by atoms with E-state index in [1.807, 2.05) is 0 Å². The van der Waals surface area contributed by atoms with Crippen LogP contribution in [0.2, 0.25) is 0 Å². The summed E-state index contributed by atoms with van der Waals surface area (Å²) in [5.41, 5.74) is -3.52. The van der Waals surface area contributed by atoms with Gasteiger partial charge in [0.15, 0.2) is 17.4 Å². The van der Waals surface area contributed by atoms with Crippen molar-refractivity contribution in [2.75, 3.05) is 20.7 Å². The van der Waals surface area contributed by atoms with Crippen molar-refractivity contribution in [1.82, 2.24) is 0 Å². The Hall–Kier alpha value is -0.750. The highest BCUT2D eigenvalue weighted by molar-refractivity contribution is 5.83. The van der Waals surface area contributed by atoms with Crippen LogP contribution in [0.5, 0.6) is 0 Å². The molecule has 0 saturated heterocycles. The van der Waals surface area contributed by atoms with Crippen LogP contribution in [0.3, 0.4) is 0 Å². The first-order chi connectivity index (χ1) is 17.4. The van der Waals surface area contributed by atoms with Crippen LogP contribution in [0.25, 0.3) is 0 Å². The van der Waals surface area contributed by atoms with Gasteiger partial charge in [0.1, 0.15) is 6.61 Å². The Balaban J connectivity index is 2.06. The average Bonchev–Trinajstić information content (AvgIpc) is 3.17. The summed E-state index contributed by atoms with van der Waals surface area (Å²) < 4.78 is -0.114. The van der Waals surface area contributed by atoms with Crippen LogP contribution in [-0.2, 0) is 4.79 Å². The predicted molar refractivity (Wildman–Crippen MR) is 155 cm³/mol. The van der Waals surface area contributed by atoms with E-state index in [1.54, 1.807) is 34.9 Å². The van der Waals surface area contributed by atoms with Crippen molar-refractivity contribution in [3.05, 3.63) is 12.2 Å². The zero-order chi connectivity index (χ0) is 28.0. The maximum absolute atomic E-state index is 12.9. The summed E-state index contributed by atoms with van der Waals surface area (Å²) in [5, 5.41) is 32.0. The van der Waals surface area contributed by atoms with Gasteiger partial charge in [0.2, 0.25) is 5.72 Å². The molecule has 0 aromatic rings. The predicted octanol–water partition coefficient (Wildman–Crippen LogP) is 7.07. The van der Waals surface area contributed by atoms with Gasteiger partial charge in [-0.1, -0.05) is 96.1 Å². The number of aliphatic hydroxyl groups excluding tert-OH is 1. The summed E-state index contributed by atoms with van der Waals surface area (Å²) in [7, 11) is 3.49. The van der Waals surface area contributed by atoms with Crippen LogP contribution < -0.4 is 0 Å². The molecular weight excluding hydrogens is 462 g/mol. The summed E-state index contributed by atoms with van der Waals surface area (Å²) in [5.74, 6) is -0.0274. The lowest BCUT2D eigenvalue weighted by Crippen LogP contribution is -2.65. The topological polar surface area (TPSA) is 77.8 Å². The van der Waals surface area contributed by atoms with Gasteiger partial charge in [-0.2, -0.15) is 0 Å². The number of hydrogen-bond acceptors (Lipinski definition) is 4. The molecule has 0 radical (unpaired) electrons. The molecule has 1 fully saturated rings. The molecule has 37 heavy (non-hydrogen) atoms. The minimum atomic E-state index is -1.47. The van der Waals surface area contributed by atoms with Crippen molar-refractivity contribution < 1.29 is 24.6 Å². The van der Waals surface area contributed by atoms with E-state index in [-0.39, 0.29) is 16.9 Å². The summed E-state index contributed by atoms with van der Waals surface area (Å²) in [4.78, 5) is 12.9. The Morgan fingerprint density at radius 2 is 1.11 bits per heavy atom. The number of carbonyl (C=O) groups is 1. The van der Waals surface area contributed by atoms with E-state index in [9.17, 15) is 20.1 Å². The second-order valence-corrected chi connectivity index (χ2v) is 12.8. The Kier molecular flexibility index (Phi) is 15.2. The van der Waals surface area contributed by atoms with E-state index in [4.69, 9.17) is 0 Å². The number of nitrogens with zero attached hydrogens (tertiary/aromatic N) is 1. The number of aliphatic hydroxyl groups is 3. The molecule has 0 aromatic carbocycles. The SMILES string of the molecule is CCCCCCCC/C=C\CCCCCCCCCCCC(=O)C(CO)[N+](C)(C)C1(O)C(C)(C)C1(C)O. The minimum Gasteiger partial charge on any atom is -0.390 e. The van der Waals surface area contributed by atoms with E-state index in [1.165, 1.54) is 89.9 Å². The average molecular weight is 525 g/mol. The highest BCUT2D eigenvalue weighted by Crippen LogP contribution is 2.68. The summed E-state index contributed by atoms with van der Waals surface area (Å²) >= 11 is 0. The van der Waals surface area contributed by atoms with Gasteiger partial charge in [0.05, 0.1) is 19.5 Å². The van der Waals surface area contributed by atoms with Gasteiger partial charge < -0.3 is 15.3 Å². The third-order valence-electron chi connectivity index (χ3n) is 9.55. The smallest absolute Gasteiger partial charge is 0.239 e. The summed E-state index contributed by atoms with van der Waals surface area (Å²) in [6.45, 7) is 7.17. The quantitative estimate of drug-likeness (QED) is 0.0578. The molecule has 3 N–H and O–H groups in total. The molecule has 1 saturated carbocycles. The monoisotopic (exact) mass is 524 g/mol. The fraction of sp³-hybridized carbons (Fsp3) is 0.906. The van der Waals surface area contributed by atoms with Crippen LogP contribution in [-0.4, -0.2) is 63.7 Å². The van der Waals surface area contributed by atoms with Gasteiger partial charge in [-0.05, 0) is 52.9 Å². The molecule has 218 valence electrons. The van der Waals surface area contributed by atoms with E-state index in [0.717, 1.165) is 19.3 Å². The molecular formula is C32H62NO4+. The molecule has 0 aliphatic heterocycles. The fourth-order valence-electron chi connectivity index (χ4n) is 6.44. The molecule has 0 amide bonds. The Morgan fingerprint density at radius 3 is 1.49 bits per heavy atom. The molecule has 3 unspecified atom stereocenters. The van der Waals surface area contributed by atoms with Crippen LogP contribution >= 0.6 is 0 Å². The van der Waals surface area contributed by atoms with E-state index < -0.39 is 22.8 Å². The van der Waals surface area contributed by atoms with Gasteiger partial charge in [-0.3, -0.25) is 9.28 Å². The molecule has 1 rings (SSSR count). The highest BCUT2D eigenvalue weighted by atomic mass is 16.4. The Bertz CT molecular complexity index is 654. The lowest BCUT2D eigenvalue weighted by molar-refractivity contribution is -0.970. The second-order valence-electron chi connectivity index (χ2n) is 12.8. The van der Waals surface area contributed by atoms with E-state index >= 15 is 0 Å². The maximum atomic E-state index is 12.9. The number of quaternary nitrogens is 1. The third-order valence-corrected chi connectivity index (χ3v) is 9.55. The highest BCUT2D eigenvalue weighted by Gasteiger charge is 2.89. The molecule has 0 spiro atoms. The number of Topliss-reactive ketones (excluding diaryl/α,β-unsaturated/α-hetero) is 1. The Morgan fingerprint density at radius 1 is 0.730 bits per heavy atom. The lowest BCUT2D eigenvalue weighted by Gasteiger charge is -2.42. The molecule has 5 heteroatoms. The van der Waals surface area contributed by atoms with Crippen molar-refractivity contribution in [2.45, 2.75) is 161 Å². The first kappa shape index (κ1) is 34.3. The lowest BCUT2D eigenvalue weighted by atomic mass is 10.00. The number of ketones is 1. The number of allylic oxidation sites excluding steroid dienone is 2. The first-order valence-electron chi connectivity index (χ1n) is 15.5.